The maximum absolute atomic E-state index is 12.9. The van der Waals surface area contributed by atoms with Crippen LogP contribution in [0.2, 0.25) is 0 Å². The maximum Gasteiger partial charge on any atom is 0.336 e. The van der Waals surface area contributed by atoms with Gasteiger partial charge in [-0.25, -0.2) is 4.79 Å². The first kappa shape index (κ1) is 14.3. The Labute approximate surface area is 135 Å². The topological polar surface area (TPSA) is 69.7 Å². The lowest BCUT2D eigenvalue weighted by Crippen LogP contribution is -2.07. The van der Waals surface area contributed by atoms with Crippen LogP contribution in [0.25, 0.3) is 33.1 Å². The molecule has 5 heteroatoms. The van der Waals surface area contributed by atoms with Crippen LogP contribution in [0.5, 0.6) is 5.75 Å². The molecule has 2 aromatic heterocycles. The number of hydrogen-bond acceptors (Lipinski definition) is 5. The second kappa shape index (κ2) is 5.38. The Morgan fingerprint density at radius 3 is 2.54 bits per heavy atom. The Bertz CT molecular complexity index is 1180. The summed E-state index contributed by atoms with van der Waals surface area (Å²) in [4.78, 5) is 24.7. The molecule has 0 atom stereocenters. The van der Waals surface area contributed by atoms with Gasteiger partial charge in [-0.1, -0.05) is 18.2 Å². The molecule has 5 nitrogen and oxygen atoms in total. The molecule has 0 bridgehead atoms. The molecule has 0 aliphatic carbocycles. The SMILES string of the molecule is COc1ccc2occ(-c3cc(=O)oc4ccccc34)c(=O)c2c1. The van der Waals surface area contributed by atoms with E-state index < -0.39 is 5.63 Å². The molecular formula is C19H12O5. The fourth-order valence-corrected chi connectivity index (χ4v) is 2.76. The highest BCUT2D eigenvalue weighted by Gasteiger charge is 2.14. The van der Waals surface area contributed by atoms with Gasteiger partial charge in [-0.3, -0.25) is 4.79 Å². The largest absolute Gasteiger partial charge is 0.497 e. The van der Waals surface area contributed by atoms with Crippen LogP contribution < -0.4 is 15.8 Å². The average molecular weight is 320 g/mol. The molecule has 2 aromatic carbocycles. The van der Waals surface area contributed by atoms with Crippen molar-refractivity contribution in [1.29, 1.82) is 0 Å². The van der Waals surface area contributed by atoms with Crippen molar-refractivity contribution < 1.29 is 13.6 Å². The molecule has 4 aromatic rings. The van der Waals surface area contributed by atoms with E-state index in [1.54, 1.807) is 36.4 Å². The Balaban J connectivity index is 2.09. The molecule has 118 valence electrons. The van der Waals surface area contributed by atoms with Crippen molar-refractivity contribution in [3.8, 4) is 16.9 Å². The predicted octanol–water partition coefficient (Wildman–Crippen LogP) is 3.58. The molecule has 0 fully saturated rings. The van der Waals surface area contributed by atoms with Crippen LogP contribution in [0.4, 0.5) is 0 Å². The number of rotatable bonds is 2. The summed E-state index contributed by atoms with van der Waals surface area (Å²) in [6, 6.07) is 13.4. The highest BCUT2D eigenvalue weighted by Crippen LogP contribution is 2.27. The van der Waals surface area contributed by atoms with E-state index in [1.807, 2.05) is 6.07 Å². The summed E-state index contributed by atoms with van der Waals surface area (Å²) in [5, 5.41) is 1.07. The van der Waals surface area contributed by atoms with E-state index in [1.165, 1.54) is 19.4 Å². The van der Waals surface area contributed by atoms with Crippen molar-refractivity contribution in [3.63, 3.8) is 0 Å². The monoisotopic (exact) mass is 320 g/mol. The smallest absolute Gasteiger partial charge is 0.336 e. The third kappa shape index (κ3) is 2.18. The van der Waals surface area contributed by atoms with Crippen LogP contribution in [0.3, 0.4) is 0 Å². The molecule has 2 heterocycles. The van der Waals surface area contributed by atoms with Crippen molar-refractivity contribution in [2.75, 3.05) is 7.11 Å². The molecule has 24 heavy (non-hydrogen) atoms. The quantitative estimate of drug-likeness (QED) is 0.528. The second-order valence-corrected chi connectivity index (χ2v) is 5.32. The number of hydrogen-bond donors (Lipinski definition) is 0. The van der Waals surface area contributed by atoms with Gasteiger partial charge in [0.05, 0.1) is 18.1 Å². The number of fused-ring (bicyclic) bond motifs is 2. The fraction of sp³-hybridized carbons (Fsp3) is 0.0526. The van der Waals surface area contributed by atoms with E-state index in [0.29, 0.717) is 38.8 Å². The van der Waals surface area contributed by atoms with E-state index >= 15 is 0 Å². The van der Waals surface area contributed by atoms with Gasteiger partial charge in [-0.2, -0.15) is 0 Å². The maximum atomic E-state index is 12.9. The van der Waals surface area contributed by atoms with Gasteiger partial charge < -0.3 is 13.6 Å². The van der Waals surface area contributed by atoms with Gasteiger partial charge in [0.25, 0.3) is 0 Å². The Morgan fingerprint density at radius 1 is 0.875 bits per heavy atom. The normalized spacial score (nSPS) is 11.0. The second-order valence-electron chi connectivity index (χ2n) is 5.32. The van der Waals surface area contributed by atoms with Gasteiger partial charge in [0.1, 0.15) is 23.2 Å². The fourth-order valence-electron chi connectivity index (χ4n) is 2.76. The lowest BCUT2D eigenvalue weighted by Gasteiger charge is -2.06. The Morgan fingerprint density at radius 2 is 1.71 bits per heavy atom. The highest BCUT2D eigenvalue weighted by atomic mass is 16.5. The Kier molecular flexibility index (Phi) is 3.20. The van der Waals surface area contributed by atoms with Crippen LogP contribution in [0.15, 0.2) is 73.2 Å². The van der Waals surface area contributed by atoms with Gasteiger partial charge in [0, 0.05) is 17.0 Å². The van der Waals surface area contributed by atoms with Crippen molar-refractivity contribution >= 4 is 21.9 Å². The van der Waals surface area contributed by atoms with Crippen molar-refractivity contribution in [1.82, 2.24) is 0 Å². The van der Waals surface area contributed by atoms with E-state index in [4.69, 9.17) is 13.6 Å². The van der Waals surface area contributed by atoms with Crippen molar-refractivity contribution in [2.45, 2.75) is 0 Å². The summed E-state index contributed by atoms with van der Waals surface area (Å²) < 4.78 is 15.9. The summed E-state index contributed by atoms with van der Waals surface area (Å²) in [6.45, 7) is 0. The standard InChI is InChI=1S/C19H12O5/c1-22-11-6-7-16-14(8-11)19(21)15(10-23-16)13-9-18(20)24-17-5-3-2-4-12(13)17/h2-10H,1H3. The molecule has 0 N–H and O–H groups in total. The van der Waals surface area contributed by atoms with Gasteiger partial charge in [0.2, 0.25) is 5.43 Å². The third-order valence-corrected chi connectivity index (χ3v) is 3.92. The van der Waals surface area contributed by atoms with Gasteiger partial charge in [-0.05, 0) is 24.3 Å². The summed E-state index contributed by atoms with van der Waals surface area (Å²) in [5.41, 5.74) is 0.918. The van der Waals surface area contributed by atoms with E-state index in [-0.39, 0.29) is 5.43 Å². The summed E-state index contributed by atoms with van der Waals surface area (Å²) in [6.07, 6.45) is 1.37. The van der Waals surface area contributed by atoms with Gasteiger partial charge >= 0.3 is 5.63 Å². The van der Waals surface area contributed by atoms with E-state index in [9.17, 15) is 9.59 Å². The summed E-state index contributed by atoms with van der Waals surface area (Å²) in [5.74, 6) is 0.560. The third-order valence-electron chi connectivity index (χ3n) is 3.92. The molecular weight excluding hydrogens is 308 g/mol. The number of methoxy groups -OCH3 is 1. The summed E-state index contributed by atoms with van der Waals surface area (Å²) in [7, 11) is 1.53. The van der Waals surface area contributed by atoms with Crippen LogP contribution in [-0.4, -0.2) is 7.11 Å². The Hall–Kier alpha value is -3.34. The molecule has 0 saturated carbocycles. The minimum absolute atomic E-state index is 0.231. The van der Waals surface area contributed by atoms with Crippen molar-refractivity contribution in [2.24, 2.45) is 0 Å². The summed E-state index contributed by atoms with van der Waals surface area (Å²) >= 11 is 0. The number of benzene rings is 2. The van der Waals surface area contributed by atoms with E-state index in [0.717, 1.165) is 0 Å². The number of ether oxygens (including phenoxy) is 1. The van der Waals surface area contributed by atoms with Gasteiger partial charge in [0.15, 0.2) is 0 Å². The van der Waals surface area contributed by atoms with Crippen LogP contribution in [-0.2, 0) is 0 Å². The minimum atomic E-state index is -0.520. The predicted molar refractivity (Wildman–Crippen MR) is 90.5 cm³/mol. The van der Waals surface area contributed by atoms with Crippen LogP contribution >= 0.6 is 0 Å². The molecule has 0 spiro atoms. The molecule has 4 rings (SSSR count). The van der Waals surface area contributed by atoms with Crippen LogP contribution in [0, 0.1) is 0 Å². The zero-order valence-electron chi connectivity index (χ0n) is 12.7. The first-order valence-electron chi connectivity index (χ1n) is 7.30. The van der Waals surface area contributed by atoms with Gasteiger partial charge in [-0.15, -0.1) is 0 Å². The molecule has 0 amide bonds. The van der Waals surface area contributed by atoms with Crippen molar-refractivity contribution in [3.05, 3.63) is 75.4 Å². The molecule has 0 unspecified atom stereocenters. The first-order valence-corrected chi connectivity index (χ1v) is 7.30. The molecule has 0 radical (unpaired) electrons. The first-order chi connectivity index (χ1) is 11.7. The number of para-hydroxylation sites is 1. The lowest BCUT2D eigenvalue weighted by atomic mass is 10.0. The molecule has 0 aliphatic rings. The lowest BCUT2D eigenvalue weighted by molar-refractivity contribution is 0.415. The zero-order valence-corrected chi connectivity index (χ0v) is 12.7. The van der Waals surface area contributed by atoms with E-state index in [2.05, 4.69) is 0 Å². The minimum Gasteiger partial charge on any atom is -0.497 e. The molecule has 0 aliphatic heterocycles. The molecule has 0 saturated heterocycles. The average Bonchev–Trinajstić information content (AvgIpc) is 2.61. The zero-order chi connectivity index (χ0) is 16.7. The highest BCUT2D eigenvalue weighted by molar-refractivity contribution is 5.94. The van der Waals surface area contributed by atoms with Crippen LogP contribution in [0.1, 0.15) is 0 Å².